The first-order chi connectivity index (χ1) is 15.8. The number of ether oxygens (including phenoxy) is 1. The van der Waals surface area contributed by atoms with Crippen molar-refractivity contribution in [3.63, 3.8) is 0 Å². The quantitative estimate of drug-likeness (QED) is 0.399. The van der Waals surface area contributed by atoms with E-state index in [9.17, 15) is 4.79 Å². The number of aryl methyl sites for hydroxylation is 1. The molecule has 2 aliphatic rings. The van der Waals surface area contributed by atoms with Crippen molar-refractivity contribution >= 4 is 40.4 Å². The molecule has 0 aliphatic carbocycles. The molecule has 2 aromatic heterocycles. The third-order valence-electron chi connectivity index (χ3n) is 5.95. The maximum atomic E-state index is 13.7. The van der Waals surface area contributed by atoms with E-state index in [0.29, 0.717) is 52.8 Å². The maximum absolute atomic E-state index is 13.7. The second-order valence-electron chi connectivity index (χ2n) is 8.18. The molecule has 10 heteroatoms. The van der Waals surface area contributed by atoms with Crippen molar-refractivity contribution in [3.8, 4) is 0 Å². The second-order valence-corrected chi connectivity index (χ2v) is 8.61. The van der Waals surface area contributed by atoms with Crippen LogP contribution in [0.15, 0.2) is 36.4 Å². The lowest BCUT2D eigenvalue weighted by Crippen LogP contribution is -2.32. The van der Waals surface area contributed by atoms with Crippen LogP contribution in [-0.2, 0) is 4.74 Å². The lowest BCUT2D eigenvalue weighted by atomic mass is 10.0. The van der Waals surface area contributed by atoms with Crippen LogP contribution in [0.3, 0.4) is 0 Å². The molecule has 2 aliphatic heterocycles. The minimum Gasteiger partial charge on any atom is -0.395 e. The van der Waals surface area contributed by atoms with Crippen molar-refractivity contribution < 1.29 is 9.53 Å². The number of aromatic nitrogens is 3. The van der Waals surface area contributed by atoms with Crippen molar-refractivity contribution in [1.29, 1.82) is 0 Å². The van der Waals surface area contributed by atoms with Gasteiger partial charge in [-0.05, 0) is 48.2 Å². The molecule has 170 valence electrons. The molecule has 1 amide bonds. The number of amides is 1. The minimum absolute atomic E-state index is 0.248. The Morgan fingerprint density at radius 1 is 1.27 bits per heavy atom. The van der Waals surface area contributed by atoms with Crippen LogP contribution in [0, 0.1) is 6.92 Å². The number of rotatable bonds is 4. The number of nitrogens with zero attached hydrogens (tertiary/aromatic N) is 4. The average molecular weight is 466 g/mol. The monoisotopic (exact) mass is 465 g/mol. The van der Waals surface area contributed by atoms with E-state index in [-0.39, 0.29) is 5.91 Å². The molecule has 1 atom stereocenters. The summed E-state index contributed by atoms with van der Waals surface area (Å²) in [4.78, 5) is 28.0. The minimum atomic E-state index is -0.460. The van der Waals surface area contributed by atoms with Crippen molar-refractivity contribution in [2.75, 3.05) is 35.9 Å². The molecule has 0 saturated heterocycles. The van der Waals surface area contributed by atoms with Crippen LogP contribution < -0.4 is 21.5 Å². The van der Waals surface area contributed by atoms with Gasteiger partial charge in [0.1, 0.15) is 17.7 Å². The largest absolute Gasteiger partial charge is 0.395 e. The number of aromatic amines is 1. The smallest absolute Gasteiger partial charge is 0.280 e. The molecule has 0 spiro atoms. The van der Waals surface area contributed by atoms with Gasteiger partial charge in [-0.2, -0.15) is 0 Å². The number of pyridine rings is 1. The van der Waals surface area contributed by atoms with Gasteiger partial charge in [0.15, 0.2) is 11.5 Å². The third kappa shape index (κ3) is 3.64. The number of hydrogen-bond donors (Lipinski definition) is 3. The highest BCUT2D eigenvalue weighted by Gasteiger charge is 2.43. The fourth-order valence-corrected chi connectivity index (χ4v) is 4.37. The molecule has 1 aromatic carbocycles. The number of anilines is 3. The molecule has 3 aromatic rings. The Labute approximate surface area is 196 Å². The molecular weight excluding hydrogens is 442 g/mol. The Balaban J connectivity index is 1.66. The van der Waals surface area contributed by atoms with Crippen LogP contribution in [0.2, 0.25) is 5.02 Å². The number of benzene rings is 1. The van der Waals surface area contributed by atoms with Gasteiger partial charge in [0.05, 0.1) is 24.6 Å². The SMILES string of the molecule is Cc1cc(N2C(=O)c3nc(C4=CCOCC4)[nH]c3C2c2ccc(Cl)cc2)nc(N(C)N)c1N. The zero-order valence-corrected chi connectivity index (χ0v) is 19.1. The first kappa shape index (κ1) is 21.4. The summed E-state index contributed by atoms with van der Waals surface area (Å²) in [5.74, 6) is 7.23. The fraction of sp³-hybridized carbons (Fsp3) is 0.261. The zero-order chi connectivity index (χ0) is 23.3. The highest BCUT2D eigenvalue weighted by atomic mass is 35.5. The topological polar surface area (TPSA) is 126 Å². The van der Waals surface area contributed by atoms with Gasteiger partial charge in [-0.1, -0.05) is 29.8 Å². The summed E-state index contributed by atoms with van der Waals surface area (Å²) in [5.41, 5.74) is 10.4. The zero-order valence-electron chi connectivity index (χ0n) is 18.3. The summed E-state index contributed by atoms with van der Waals surface area (Å²) in [6.07, 6.45) is 2.73. The molecule has 9 nitrogen and oxygen atoms in total. The van der Waals surface area contributed by atoms with E-state index in [1.54, 1.807) is 30.1 Å². The van der Waals surface area contributed by atoms with Crippen molar-refractivity contribution in [2.45, 2.75) is 19.4 Å². The summed E-state index contributed by atoms with van der Waals surface area (Å²) < 4.78 is 5.41. The van der Waals surface area contributed by atoms with E-state index in [4.69, 9.17) is 27.9 Å². The lowest BCUT2D eigenvalue weighted by Gasteiger charge is -2.27. The standard InChI is InChI=1S/C23H24ClN7O2/c1-12-11-16(27-22(17(12)25)30(2)26)31-20(13-3-5-15(24)6-4-13)18-19(23(31)32)29-21(28-18)14-7-9-33-10-8-14/h3-7,11,20H,8-10,25-26H2,1-2H3,(H,28,29). The average Bonchev–Trinajstić information content (AvgIpc) is 3.35. The number of H-pyrrole nitrogens is 1. The van der Waals surface area contributed by atoms with Gasteiger partial charge in [0.25, 0.3) is 5.91 Å². The molecule has 33 heavy (non-hydrogen) atoms. The summed E-state index contributed by atoms with van der Waals surface area (Å²) >= 11 is 6.13. The van der Waals surface area contributed by atoms with Gasteiger partial charge in [0.2, 0.25) is 0 Å². The molecular formula is C23H24ClN7O2. The number of halogens is 1. The van der Waals surface area contributed by atoms with Crippen LogP contribution in [0.5, 0.6) is 0 Å². The number of nitrogens with one attached hydrogen (secondary N) is 1. The van der Waals surface area contributed by atoms with Gasteiger partial charge in [-0.3, -0.25) is 14.7 Å². The molecule has 0 fully saturated rings. The molecule has 5 rings (SSSR count). The van der Waals surface area contributed by atoms with Gasteiger partial charge >= 0.3 is 0 Å². The Hall–Kier alpha value is -3.40. The molecule has 0 bridgehead atoms. The van der Waals surface area contributed by atoms with Crippen molar-refractivity contribution in [3.05, 3.63) is 69.8 Å². The molecule has 1 unspecified atom stereocenters. The molecule has 0 radical (unpaired) electrons. The van der Waals surface area contributed by atoms with Crippen LogP contribution in [0.4, 0.5) is 17.3 Å². The Morgan fingerprint density at radius 3 is 2.70 bits per heavy atom. The molecule has 0 saturated carbocycles. The van der Waals surface area contributed by atoms with Gasteiger partial charge in [-0.25, -0.2) is 15.8 Å². The highest BCUT2D eigenvalue weighted by molar-refractivity contribution is 6.30. The van der Waals surface area contributed by atoms with Gasteiger partial charge in [-0.15, -0.1) is 0 Å². The normalized spacial score (nSPS) is 17.8. The number of hydrazine groups is 1. The van der Waals surface area contributed by atoms with Crippen molar-refractivity contribution in [2.24, 2.45) is 5.84 Å². The van der Waals surface area contributed by atoms with E-state index in [1.165, 1.54) is 5.01 Å². The Morgan fingerprint density at radius 2 is 2.03 bits per heavy atom. The highest BCUT2D eigenvalue weighted by Crippen LogP contribution is 2.42. The predicted molar refractivity (Wildman–Crippen MR) is 128 cm³/mol. The van der Waals surface area contributed by atoms with E-state index in [2.05, 4.69) is 15.0 Å². The summed E-state index contributed by atoms with van der Waals surface area (Å²) in [6, 6.07) is 8.73. The predicted octanol–water partition coefficient (Wildman–Crippen LogP) is 3.21. The number of imidazole rings is 1. The Kier molecular flexibility index (Phi) is 5.32. The number of carbonyl (C=O) groups is 1. The second kappa shape index (κ2) is 8.18. The number of hydrogen-bond acceptors (Lipinski definition) is 7. The lowest BCUT2D eigenvalue weighted by molar-refractivity contribution is 0.0988. The summed E-state index contributed by atoms with van der Waals surface area (Å²) in [6.45, 7) is 3.02. The van der Waals surface area contributed by atoms with E-state index < -0.39 is 6.04 Å². The third-order valence-corrected chi connectivity index (χ3v) is 6.20. The summed E-state index contributed by atoms with van der Waals surface area (Å²) in [7, 11) is 1.66. The van der Waals surface area contributed by atoms with Crippen LogP contribution >= 0.6 is 11.6 Å². The summed E-state index contributed by atoms with van der Waals surface area (Å²) in [5, 5.41) is 1.96. The first-order valence-electron chi connectivity index (χ1n) is 10.6. The van der Waals surface area contributed by atoms with Crippen molar-refractivity contribution in [1.82, 2.24) is 15.0 Å². The first-order valence-corrected chi connectivity index (χ1v) is 10.9. The van der Waals surface area contributed by atoms with Crippen LogP contribution in [-0.4, -0.2) is 41.1 Å². The number of fused-ring (bicyclic) bond motifs is 1. The van der Waals surface area contributed by atoms with E-state index in [0.717, 1.165) is 23.1 Å². The molecule has 5 N–H and O–H groups in total. The Bertz CT molecular complexity index is 1270. The van der Waals surface area contributed by atoms with Gasteiger partial charge in [0, 0.05) is 12.1 Å². The van der Waals surface area contributed by atoms with E-state index >= 15 is 0 Å². The maximum Gasteiger partial charge on any atom is 0.280 e. The van der Waals surface area contributed by atoms with Gasteiger partial charge < -0.3 is 15.5 Å². The fourth-order valence-electron chi connectivity index (χ4n) is 4.24. The number of nitrogen functional groups attached to an aromatic ring is 1. The van der Waals surface area contributed by atoms with E-state index in [1.807, 2.05) is 25.1 Å². The molecule has 4 heterocycles. The number of carbonyl (C=O) groups excluding carboxylic acids is 1. The van der Waals surface area contributed by atoms with Crippen LogP contribution in [0.1, 0.15) is 45.6 Å². The number of nitrogens with two attached hydrogens (primary N) is 2. The van der Waals surface area contributed by atoms with Crippen LogP contribution in [0.25, 0.3) is 5.57 Å².